The van der Waals surface area contributed by atoms with Crippen LogP contribution in [0.25, 0.3) is 0 Å². The summed E-state index contributed by atoms with van der Waals surface area (Å²) in [7, 11) is 0. The third-order valence-corrected chi connectivity index (χ3v) is 4.58. The molecule has 0 aliphatic heterocycles. The van der Waals surface area contributed by atoms with E-state index in [0.29, 0.717) is 23.1 Å². The molecule has 2 rings (SSSR count). The number of hydrogen-bond donors (Lipinski definition) is 1. The molecule has 0 bridgehead atoms. The predicted octanol–water partition coefficient (Wildman–Crippen LogP) is 3.24. The summed E-state index contributed by atoms with van der Waals surface area (Å²) in [5.41, 5.74) is 1.71. The van der Waals surface area contributed by atoms with Crippen LogP contribution in [0.1, 0.15) is 43.2 Å². The number of nitrogens with zero attached hydrogens (tertiary/aromatic N) is 1. The minimum atomic E-state index is 0.122. The van der Waals surface area contributed by atoms with Crippen molar-refractivity contribution in [3.05, 3.63) is 35.4 Å². The Hall–Kier alpha value is -1.47. The standard InChI is InChI=1S/C16H20N2OS/c17-10-13-6-4-5-7-14(13)11-20-12-16(19)18-15-8-2-1-3-9-15/h4-7,15H,1-3,8-9,11-12H2,(H,18,19). The van der Waals surface area contributed by atoms with E-state index in [4.69, 9.17) is 5.26 Å². The molecule has 4 heteroatoms. The fourth-order valence-corrected chi connectivity index (χ4v) is 3.37. The Kier molecular flexibility index (Phi) is 5.94. The lowest BCUT2D eigenvalue weighted by molar-refractivity contribution is -0.119. The quantitative estimate of drug-likeness (QED) is 0.905. The molecule has 1 fully saturated rings. The SMILES string of the molecule is N#Cc1ccccc1CSCC(=O)NC1CCCCC1. The molecule has 1 aromatic rings. The van der Waals surface area contributed by atoms with E-state index >= 15 is 0 Å². The molecule has 0 heterocycles. The Labute approximate surface area is 124 Å². The summed E-state index contributed by atoms with van der Waals surface area (Å²) in [4.78, 5) is 11.9. The Morgan fingerprint density at radius 3 is 2.80 bits per heavy atom. The molecule has 3 nitrogen and oxygen atoms in total. The molecular weight excluding hydrogens is 268 g/mol. The van der Waals surface area contributed by atoms with Crippen LogP contribution >= 0.6 is 11.8 Å². The molecule has 0 atom stereocenters. The number of nitriles is 1. The molecule has 106 valence electrons. The van der Waals surface area contributed by atoms with Crippen molar-refractivity contribution in [1.29, 1.82) is 5.26 Å². The average Bonchev–Trinajstić information content (AvgIpc) is 2.49. The lowest BCUT2D eigenvalue weighted by Gasteiger charge is -2.22. The van der Waals surface area contributed by atoms with Crippen molar-refractivity contribution in [2.75, 3.05) is 5.75 Å². The fourth-order valence-electron chi connectivity index (χ4n) is 2.53. The smallest absolute Gasteiger partial charge is 0.230 e. The number of nitrogens with one attached hydrogen (secondary N) is 1. The summed E-state index contributed by atoms with van der Waals surface area (Å²) in [5.74, 6) is 1.30. The van der Waals surface area contributed by atoms with Crippen LogP contribution in [0.5, 0.6) is 0 Å². The monoisotopic (exact) mass is 288 g/mol. The molecule has 0 unspecified atom stereocenters. The Morgan fingerprint density at radius 1 is 1.30 bits per heavy atom. The van der Waals surface area contributed by atoms with Gasteiger partial charge in [-0.3, -0.25) is 4.79 Å². The second-order valence-corrected chi connectivity index (χ2v) is 6.15. The maximum atomic E-state index is 11.9. The Balaban J connectivity index is 1.72. The summed E-state index contributed by atoms with van der Waals surface area (Å²) in [5, 5.41) is 12.1. The molecule has 1 N–H and O–H groups in total. The van der Waals surface area contributed by atoms with E-state index in [9.17, 15) is 4.79 Å². The summed E-state index contributed by atoms with van der Waals surface area (Å²) in [6.45, 7) is 0. The van der Waals surface area contributed by atoms with E-state index in [-0.39, 0.29) is 5.91 Å². The molecule has 20 heavy (non-hydrogen) atoms. The van der Waals surface area contributed by atoms with Crippen molar-refractivity contribution in [1.82, 2.24) is 5.32 Å². The summed E-state index contributed by atoms with van der Waals surface area (Å²) in [6, 6.07) is 10.1. The maximum absolute atomic E-state index is 11.9. The molecule has 1 aliphatic rings. The van der Waals surface area contributed by atoms with Gasteiger partial charge in [-0.15, -0.1) is 11.8 Å². The van der Waals surface area contributed by atoms with Gasteiger partial charge in [0.2, 0.25) is 5.91 Å². The molecule has 1 amide bonds. The van der Waals surface area contributed by atoms with Gasteiger partial charge in [-0.05, 0) is 24.5 Å². The second-order valence-electron chi connectivity index (χ2n) is 5.16. The van der Waals surface area contributed by atoms with Crippen LogP contribution < -0.4 is 5.32 Å². The number of rotatable bonds is 5. The van der Waals surface area contributed by atoms with Crippen LogP contribution in [0, 0.1) is 11.3 Å². The van der Waals surface area contributed by atoms with Crippen molar-refractivity contribution in [3.63, 3.8) is 0 Å². The van der Waals surface area contributed by atoms with Gasteiger partial charge in [-0.2, -0.15) is 5.26 Å². The van der Waals surface area contributed by atoms with Crippen LogP contribution in [-0.2, 0) is 10.5 Å². The van der Waals surface area contributed by atoms with E-state index in [1.807, 2.05) is 24.3 Å². The molecule has 0 aromatic heterocycles. The topological polar surface area (TPSA) is 52.9 Å². The largest absolute Gasteiger partial charge is 0.353 e. The number of benzene rings is 1. The highest BCUT2D eigenvalue weighted by Gasteiger charge is 2.15. The normalized spacial score (nSPS) is 15.6. The van der Waals surface area contributed by atoms with E-state index in [1.165, 1.54) is 19.3 Å². The number of carbonyl (C=O) groups is 1. The number of thioether (sulfide) groups is 1. The van der Waals surface area contributed by atoms with Crippen molar-refractivity contribution < 1.29 is 4.79 Å². The summed E-state index contributed by atoms with van der Waals surface area (Å²) in [6.07, 6.45) is 5.99. The summed E-state index contributed by atoms with van der Waals surface area (Å²) >= 11 is 1.57. The predicted molar refractivity (Wildman–Crippen MR) is 82.3 cm³/mol. The van der Waals surface area contributed by atoms with Crippen LogP contribution in [-0.4, -0.2) is 17.7 Å². The van der Waals surface area contributed by atoms with Gasteiger partial charge in [-0.1, -0.05) is 37.5 Å². The molecule has 1 aliphatic carbocycles. The van der Waals surface area contributed by atoms with Crippen molar-refractivity contribution >= 4 is 17.7 Å². The first-order valence-electron chi connectivity index (χ1n) is 7.14. The zero-order chi connectivity index (χ0) is 14.2. The first kappa shape index (κ1) is 14.9. The molecule has 0 radical (unpaired) electrons. The van der Waals surface area contributed by atoms with Crippen LogP contribution in [0.3, 0.4) is 0 Å². The third-order valence-electron chi connectivity index (χ3n) is 3.60. The van der Waals surface area contributed by atoms with Gasteiger partial charge in [-0.25, -0.2) is 0 Å². The van der Waals surface area contributed by atoms with Crippen LogP contribution in [0.4, 0.5) is 0 Å². The molecule has 1 aromatic carbocycles. The zero-order valence-electron chi connectivity index (χ0n) is 11.6. The van der Waals surface area contributed by atoms with Gasteiger partial charge in [0.15, 0.2) is 0 Å². The molecule has 0 saturated heterocycles. The van der Waals surface area contributed by atoms with E-state index < -0.39 is 0 Å². The Morgan fingerprint density at radius 2 is 2.05 bits per heavy atom. The highest BCUT2D eigenvalue weighted by molar-refractivity contribution is 7.99. The first-order chi connectivity index (χ1) is 9.79. The van der Waals surface area contributed by atoms with Crippen LogP contribution in [0.2, 0.25) is 0 Å². The number of amides is 1. The third kappa shape index (κ3) is 4.57. The lowest BCUT2D eigenvalue weighted by atomic mass is 9.95. The zero-order valence-corrected chi connectivity index (χ0v) is 12.4. The van der Waals surface area contributed by atoms with Gasteiger partial charge in [0.25, 0.3) is 0 Å². The van der Waals surface area contributed by atoms with E-state index in [0.717, 1.165) is 18.4 Å². The molecule has 0 spiro atoms. The van der Waals surface area contributed by atoms with Gasteiger partial charge in [0, 0.05) is 11.8 Å². The lowest BCUT2D eigenvalue weighted by Crippen LogP contribution is -2.37. The second kappa shape index (κ2) is 7.96. The van der Waals surface area contributed by atoms with Crippen molar-refractivity contribution in [3.8, 4) is 6.07 Å². The van der Waals surface area contributed by atoms with Crippen molar-refractivity contribution in [2.24, 2.45) is 0 Å². The minimum Gasteiger partial charge on any atom is -0.353 e. The van der Waals surface area contributed by atoms with Gasteiger partial charge < -0.3 is 5.32 Å². The minimum absolute atomic E-state index is 0.122. The Bertz CT molecular complexity index is 489. The van der Waals surface area contributed by atoms with Crippen molar-refractivity contribution in [2.45, 2.75) is 43.9 Å². The fraction of sp³-hybridized carbons (Fsp3) is 0.500. The number of hydrogen-bond acceptors (Lipinski definition) is 3. The molecule has 1 saturated carbocycles. The highest BCUT2D eigenvalue weighted by Crippen LogP contribution is 2.18. The maximum Gasteiger partial charge on any atom is 0.230 e. The van der Waals surface area contributed by atoms with Crippen LogP contribution in [0.15, 0.2) is 24.3 Å². The van der Waals surface area contributed by atoms with Gasteiger partial charge >= 0.3 is 0 Å². The highest BCUT2D eigenvalue weighted by atomic mass is 32.2. The number of carbonyl (C=O) groups excluding carboxylic acids is 1. The first-order valence-corrected chi connectivity index (χ1v) is 8.30. The molecular formula is C16H20N2OS. The van der Waals surface area contributed by atoms with E-state index in [2.05, 4.69) is 11.4 Å². The van der Waals surface area contributed by atoms with Gasteiger partial charge in [0.1, 0.15) is 0 Å². The summed E-state index contributed by atoms with van der Waals surface area (Å²) < 4.78 is 0. The average molecular weight is 288 g/mol. The van der Waals surface area contributed by atoms with E-state index in [1.54, 1.807) is 11.8 Å². The van der Waals surface area contributed by atoms with Gasteiger partial charge in [0.05, 0.1) is 17.4 Å².